The number of amides is 1. The minimum Gasteiger partial charge on any atom is -0.440 e. The van der Waals surface area contributed by atoms with Crippen LogP contribution in [0.15, 0.2) is 28.1 Å². The van der Waals surface area contributed by atoms with E-state index in [1.807, 2.05) is 11.6 Å². The largest absolute Gasteiger partial charge is 0.440 e. The molecule has 8 heteroatoms. The maximum atomic E-state index is 12.3. The summed E-state index contributed by atoms with van der Waals surface area (Å²) in [5, 5.41) is 6.40. The minimum atomic E-state index is -0.216. The van der Waals surface area contributed by atoms with Gasteiger partial charge in [0, 0.05) is 43.0 Å². The molecule has 3 saturated heterocycles. The van der Waals surface area contributed by atoms with Gasteiger partial charge < -0.3 is 14.5 Å². The number of likely N-dealkylation sites (tertiary alicyclic amines) is 1. The van der Waals surface area contributed by atoms with Crippen LogP contribution in [-0.2, 0) is 11.3 Å². The highest BCUT2D eigenvalue weighted by Gasteiger charge is 2.62. The molecule has 3 fully saturated rings. The third-order valence-corrected chi connectivity index (χ3v) is 6.96. The van der Waals surface area contributed by atoms with Crippen molar-refractivity contribution in [3.63, 3.8) is 0 Å². The molecule has 0 aromatic carbocycles. The number of furan rings is 1. The Morgan fingerprint density at radius 2 is 2.42 bits per heavy atom. The minimum absolute atomic E-state index is 0.0364. The molecular weight excluding hydrogens is 374 g/mol. The summed E-state index contributed by atoms with van der Waals surface area (Å²) in [6, 6.07) is 3.18. The predicted octanol–water partition coefficient (Wildman–Crippen LogP) is 2.80. The van der Waals surface area contributed by atoms with E-state index in [0.29, 0.717) is 18.4 Å². The molecule has 3 aliphatic rings. The third kappa shape index (κ3) is 2.78. The van der Waals surface area contributed by atoms with Crippen molar-refractivity contribution in [2.24, 2.45) is 11.8 Å². The molecule has 1 spiro atoms. The van der Waals surface area contributed by atoms with E-state index in [1.54, 1.807) is 23.5 Å². The summed E-state index contributed by atoms with van der Waals surface area (Å²) < 4.78 is 11.6. The number of hydrogen-bond acceptors (Lipinski definition) is 6. The van der Waals surface area contributed by atoms with Crippen molar-refractivity contribution in [3.8, 4) is 0 Å². The van der Waals surface area contributed by atoms with Gasteiger partial charge in [-0.25, -0.2) is 4.98 Å². The van der Waals surface area contributed by atoms with Crippen molar-refractivity contribution in [3.05, 3.63) is 39.7 Å². The first kappa shape index (κ1) is 16.7. The van der Waals surface area contributed by atoms with Crippen molar-refractivity contribution in [2.75, 3.05) is 19.6 Å². The Morgan fingerprint density at radius 1 is 1.50 bits per heavy atom. The first-order chi connectivity index (χ1) is 12.6. The van der Waals surface area contributed by atoms with Crippen molar-refractivity contribution in [1.82, 2.24) is 15.2 Å². The Hall–Kier alpha value is -1.41. The van der Waals surface area contributed by atoms with Crippen LogP contribution in [0.3, 0.4) is 0 Å². The SMILES string of the molecule is O=C(NC[C@H]1[C@H]2CN(Cc3nccs3)C[C@]23CC[C@H]1O3)c1ccc(Cl)o1. The van der Waals surface area contributed by atoms with Crippen LogP contribution in [-0.4, -0.2) is 47.1 Å². The van der Waals surface area contributed by atoms with Gasteiger partial charge in [-0.05, 0) is 36.6 Å². The van der Waals surface area contributed by atoms with Gasteiger partial charge in [-0.2, -0.15) is 0 Å². The molecule has 4 atom stereocenters. The van der Waals surface area contributed by atoms with Crippen molar-refractivity contribution in [1.29, 1.82) is 0 Å². The number of halogens is 1. The number of fused-ring (bicyclic) bond motifs is 1. The molecule has 26 heavy (non-hydrogen) atoms. The molecule has 0 unspecified atom stereocenters. The second-order valence-corrected chi connectivity index (χ2v) is 8.79. The van der Waals surface area contributed by atoms with E-state index in [-0.39, 0.29) is 28.6 Å². The van der Waals surface area contributed by atoms with E-state index < -0.39 is 0 Å². The van der Waals surface area contributed by atoms with Crippen LogP contribution in [0.2, 0.25) is 5.22 Å². The van der Waals surface area contributed by atoms with Crippen LogP contribution in [0.1, 0.15) is 28.4 Å². The third-order valence-electron chi connectivity index (χ3n) is 5.99. The van der Waals surface area contributed by atoms with Gasteiger partial charge in [-0.1, -0.05) is 0 Å². The van der Waals surface area contributed by atoms with Crippen molar-refractivity contribution >= 4 is 28.8 Å². The zero-order valence-electron chi connectivity index (χ0n) is 14.2. The second-order valence-electron chi connectivity index (χ2n) is 7.44. The lowest BCUT2D eigenvalue weighted by Crippen LogP contribution is -2.41. The summed E-state index contributed by atoms with van der Waals surface area (Å²) in [6.45, 7) is 3.46. The van der Waals surface area contributed by atoms with Gasteiger partial charge in [0.1, 0.15) is 5.01 Å². The van der Waals surface area contributed by atoms with E-state index in [9.17, 15) is 4.79 Å². The highest BCUT2D eigenvalue weighted by Crippen LogP contribution is 2.54. The lowest BCUT2D eigenvalue weighted by Gasteiger charge is -2.29. The normalized spacial score (nSPS) is 32.9. The quantitative estimate of drug-likeness (QED) is 0.846. The fourth-order valence-electron chi connectivity index (χ4n) is 4.94. The van der Waals surface area contributed by atoms with Gasteiger partial charge in [0.25, 0.3) is 5.91 Å². The van der Waals surface area contributed by atoms with E-state index >= 15 is 0 Å². The molecule has 6 nitrogen and oxygen atoms in total. The fourth-order valence-corrected chi connectivity index (χ4v) is 5.74. The molecule has 138 valence electrons. The summed E-state index contributed by atoms with van der Waals surface area (Å²) in [7, 11) is 0. The van der Waals surface area contributed by atoms with Gasteiger partial charge in [-0.15, -0.1) is 11.3 Å². The number of hydrogen-bond donors (Lipinski definition) is 1. The number of aromatic nitrogens is 1. The predicted molar refractivity (Wildman–Crippen MR) is 97.3 cm³/mol. The maximum Gasteiger partial charge on any atom is 0.287 e. The lowest BCUT2D eigenvalue weighted by molar-refractivity contribution is 0.00211. The smallest absolute Gasteiger partial charge is 0.287 e. The molecule has 3 aliphatic heterocycles. The molecule has 2 aromatic heterocycles. The van der Waals surface area contributed by atoms with Gasteiger partial charge in [-0.3, -0.25) is 9.69 Å². The molecule has 5 heterocycles. The molecule has 1 N–H and O–H groups in total. The number of ether oxygens (including phenoxy) is 1. The molecule has 0 aliphatic carbocycles. The summed E-state index contributed by atoms with van der Waals surface area (Å²) in [5.41, 5.74) is -0.0364. The zero-order valence-corrected chi connectivity index (χ0v) is 15.8. The highest BCUT2D eigenvalue weighted by atomic mass is 35.5. The Kier molecular flexibility index (Phi) is 4.08. The first-order valence-corrected chi connectivity index (χ1v) is 10.2. The average Bonchev–Trinajstić information content (AvgIpc) is 3.39. The van der Waals surface area contributed by atoms with Gasteiger partial charge in [0.15, 0.2) is 11.0 Å². The standard InChI is InChI=1S/C18H20ClN3O3S/c19-15-2-1-14(24-15)17(23)21-7-11-12-8-22(9-16-20-5-6-26-16)10-18(12)4-3-13(11)25-18/h1-2,5-6,11-13H,3-4,7-10H2,(H,21,23)/t11-,12+,13+,18+/m0/s1. The average molecular weight is 394 g/mol. The monoisotopic (exact) mass is 393 g/mol. The molecule has 0 radical (unpaired) electrons. The first-order valence-electron chi connectivity index (χ1n) is 8.95. The number of rotatable bonds is 5. The Morgan fingerprint density at radius 3 is 3.19 bits per heavy atom. The van der Waals surface area contributed by atoms with Gasteiger partial charge in [0.2, 0.25) is 0 Å². The number of nitrogens with zero attached hydrogens (tertiary/aromatic N) is 2. The molecule has 5 rings (SSSR count). The van der Waals surface area contributed by atoms with Crippen LogP contribution >= 0.6 is 22.9 Å². The molecule has 1 amide bonds. The fraction of sp³-hybridized carbons (Fsp3) is 0.556. The van der Waals surface area contributed by atoms with Crippen molar-refractivity contribution < 1.29 is 13.9 Å². The zero-order chi connectivity index (χ0) is 17.7. The summed E-state index contributed by atoms with van der Waals surface area (Å²) in [5.74, 6) is 0.845. The second kappa shape index (κ2) is 6.34. The Balaban J connectivity index is 1.25. The van der Waals surface area contributed by atoms with Crippen LogP contribution in [0.4, 0.5) is 0 Å². The topological polar surface area (TPSA) is 67.6 Å². The summed E-state index contributed by atoms with van der Waals surface area (Å²) in [4.78, 5) is 19.1. The number of nitrogens with one attached hydrogen (secondary N) is 1. The van der Waals surface area contributed by atoms with Crippen LogP contribution < -0.4 is 5.32 Å². The lowest BCUT2D eigenvalue weighted by atomic mass is 9.73. The van der Waals surface area contributed by atoms with Crippen molar-refractivity contribution in [2.45, 2.75) is 31.1 Å². The van der Waals surface area contributed by atoms with Crippen LogP contribution in [0, 0.1) is 11.8 Å². The van der Waals surface area contributed by atoms with Crippen LogP contribution in [0.5, 0.6) is 0 Å². The summed E-state index contributed by atoms with van der Waals surface area (Å²) >= 11 is 7.45. The highest BCUT2D eigenvalue weighted by molar-refractivity contribution is 7.09. The molecule has 2 bridgehead atoms. The number of carbonyl (C=O) groups is 1. The maximum absolute atomic E-state index is 12.3. The van der Waals surface area contributed by atoms with E-state index in [4.69, 9.17) is 20.8 Å². The molecule has 2 aromatic rings. The van der Waals surface area contributed by atoms with Gasteiger partial charge >= 0.3 is 0 Å². The van der Waals surface area contributed by atoms with Gasteiger partial charge in [0.05, 0.1) is 18.2 Å². The molecule has 0 saturated carbocycles. The number of carbonyl (C=O) groups excluding carboxylic acids is 1. The van der Waals surface area contributed by atoms with E-state index in [0.717, 1.165) is 37.5 Å². The number of thiazole rings is 1. The molecular formula is C18H20ClN3O3S. The van der Waals surface area contributed by atoms with E-state index in [2.05, 4.69) is 15.2 Å². The summed E-state index contributed by atoms with van der Waals surface area (Å²) in [6.07, 6.45) is 4.31. The Labute approximate surface area is 160 Å². The Bertz CT molecular complexity index is 810. The van der Waals surface area contributed by atoms with Crippen LogP contribution in [0.25, 0.3) is 0 Å². The van der Waals surface area contributed by atoms with E-state index in [1.165, 1.54) is 0 Å².